The van der Waals surface area contributed by atoms with E-state index < -0.39 is 5.91 Å². The van der Waals surface area contributed by atoms with E-state index in [1.54, 1.807) is 31.4 Å². The van der Waals surface area contributed by atoms with E-state index in [0.717, 1.165) is 11.1 Å². The van der Waals surface area contributed by atoms with Crippen LogP contribution in [0.15, 0.2) is 41.3 Å². The first-order chi connectivity index (χ1) is 12.0. The number of carbonyl (C=O) groups excluding carboxylic acids is 1. The summed E-state index contributed by atoms with van der Waals surface area (Å²) in [5.74, 6) is -1.00. The Morgan fingerprint density at radius 1 is 1.20 bits per heavy atom. The Hall–Kier alpha value is -3.22. The van der Waals surface area contributed by atoms with E-state index in [2.05, 4.69) is 4.98 Å². The molecule has 0 fully saturated rings. The van der Waals surface area contributed by atoms with Gasteiger partial charge in [-0.15, -0.1) is 0 Å². The fraction of sp³-hybridized carbons (Fsp3) is 0.167. The molecule has 3 heterocycles. The maximum Gasteiger partial charge on any atom is 0.275 e. The van der Waals surface area contributed by atoms with Crippen LogP contribution in [0.3, 0.4) is 0 Å². The van der Waals surface area contributed by atoms with E-state index in [1.807, 2.05) is 0 Å². The van der Waals surface area contributed by atoms with Gasteiger partial charge in [-0.3, -0.25) is 19.1 Å². The van der Waals surface area contributed by atoms with Crippen LogP contribution in [0, 0.1) is 5.82 Å². The van der Waals surface area contributed by atoms with Gasteiger partial charge >= 0.3 is 0 Å². The van der Waals surface area contributed by atoms with Crippen LogP contribution < -0.4 is 5.56 Å². The number of fused-ring (bicyclic) bond motifs is 2. The second-order valence-corrected chi connectivity index (χ2v) is 6.12. The summed E-state index contributed by atoms with van der Waals surface area (Å²) in [6.45, 7) is 0.0959. The Morgan fingerprint density at radius 2 is 1.92 bits per heavy atom. The number of nitrogens with zero attached hydrogens (tertiary/aromatic N) is 3. The van der Waals surface area contributed by atoms with Crippen molar-refractivity contribution in [1.29, 1.82) is 0 Å². The average Bonchev–Trinajstić information content (AvgIpc) is 2.90. The van der Waals surface area contributed by atoms with Gasteiger partial charge in [-0.1, -0.05) is 12.1 Å². The molecule has 6 nitrogen and oxygen atoms in total. The highest BCUT2D eigenvalue weighted by molar-refractivity contribution is 6.01. The maximum atomic E-state index is 13.0. The number of benzene rings is 1. The van der Waals surface area contributed by atoms with E-state index in [0.29, 0.717) is 6.42 Å². The number of amides is 1. The number of pyridine rings is 2. The number of rotatable bonds is 2. The topological polar surface area (TPSA) is 75.4 Å². The van der Waals surface area contributed by atoms with Crippen LogP contribution in [0.25, 0.3) is 10.9 Å². The zero-order valence-corrected chi connectivity index (χ0v) is 13.4. The Kier molecular flexibility index (Phi) is 3.31. The molecule has 2 aromatic heterocycles. The molecule has 1 N–H and O–H groups in total. The largest absolute Gasteiger partial charge is 0.504 e. The Morgan fingerprint density at radius 3 is 2.64 bits per heavy atom. The standard InChI is InChI=1S/C18H14FN3O3/c1-21-9-22-15(18(21)25)16(23)14-13(17(22)24)7-11(8-20-14)6-10-2-4-12(19)5-3-10/h2-5,7-8,23H,6,9H2,1H3. The highest BCUT2D eigenvalue weighted by atomic mass is 19.1. The van der Waals surface area contributed by atoms with Gasteiger partial charge < -0.3 is 10.0 Å². The van der Waals surface area contributed by atoms with Gasteiger partial charge in [0.2, 0.25) is 0 Å². The monoisotopic (exact) mass is 339 g/mol. The SMILES string of the molecule is CN1Cn2c(c(O)c3ncc(Cc4ccc(F)cc4)cc3c2=O)C1=O. The molecule has 25 heavy (non-hydrogen) atoms. The first-order valence-electron chi connectivity index (χ1n) is 7.70. The van der Waals surface area contributed by atoms with Gasteiger partial charge in [0.15, 0.2) is 11.4 Å². The lowest BCUT2D eigenvalue weighted by Crippen LogP contribution is -2.22. The molecule has 3 aromatic rings. The molecule has 0 unspecified atom stereocenters. The third kappa shape index (κ3) is 2.36. The molecule has 1 amide bonds. The summed E-state index contributed by atoms with van der Waals surface area (Å²) in [6.07, 6.45) is 2.02. The normalized spacial score (nSPS) is 13.5. The third-order valence-corrected chi connectivity index (χ3v) is 4.36. The minimum Gasteiger partial charge on any atom is -0.504 e. The van der Waals surface area contributed by atoms with Crippen LogP contribution in [-0.2, 0) is 13.1 Å². The van der Waals surface area contributed by atoms with Crippen molar-refractivity contribution in [3.8, 4) is 5.75 Å². The van der Waals surface area contributed by atoms with Gasteiger partial charge in [-0.25, -0.2) is 4.39 Å². The highest BCUT2D eigenvalue weighted by Gasteiger charge is 2.31. The summed E-state index contributed by atoms with van der Waals surface area (Å²) in [5, 5.41) is 10.6. The summed E-state index contributed by atoms with van der Waals surface area (Å²) >= 11 is 0. The first kappa shape index (κ1) is 15.3. The number of carbonyl (C=O) groups is 1. The number of hydrogen-bond acceptors (Lipinski definition) is 4. The molecule has 4 rings (SSSR count). The van der Waals surface area contributed by atoms with E-state index >= 15 is 0 Å². The van der Waals surface area contributed by atoms with Crippen molar-refractivity contribution in [2.45, 2.75) is 13.1 Å². The van der Waals surface area contributed by atoms with Gasteiger partial charge in [-0.05, 0) is 35.7 Å². The molecular weight excluding hydrogens is 325 g/mol. The molecule has 0 saturated carbocycles. The van der Waals surface area contributed by atoms with Crippen LogP contribution in [0.2, 0.25) is 0 Å². The Labute approximate surface area is 141 Å². The molecule has 0 atom stereocenters. The lowest BCUT2D eigenvalue weighted by molar-refractivity contribution is 0.0809. The number of halogens is 1. The number of aromatic hydroxyl groups is 1. The molecule has 0 saturated heterocycles. The molecule has 0 aliphatic carbocycles. The summed E-state index contributed by atoms with van der Waals surface area (Å²) < 4.78 is 14.3. The fourth-order valence-electron chi connectivity index (χ4n) is 3.09. The van der Waals surface area contributed by atoms with Gasteiger partial charge in [0, 0.05) is 13.2 Å². The first-order valence-corrected chi connectivity index (χ1v) is 7.70. The van der Waals surface area contributed by atoms with Crippen molar-refractivity contribution in [3.63, 3.8) is 0 Å². The van der Waals surface area contributed by atoms with Crippen molar-refractivity contribution in [3.05, 3.63) is 69.5 Å². The molecule has 1 aliphatic rings. The second-order valence-electron chi connectivity index (χ2n) is 6.12. The summed E-state index contributed by atoms with van der Waals surface area (Å²) in [6, 6.07) is 7.74. The fourth-order valence-corrected chi connectivity index (χ4v) is 3.09. The lowest BCUT2D eigenvalue weighted by atomic mass is 10.0. The number of hydrogen-bond donors (Lipinski definition) is 1. The van der Waals surface area contributed by atoms with E-state index in [1.165, 1.54) is 21.6 Å². The predicted octanol–water partition coefficient (Wildman–Crippen LogP) is 1.88. The lowest BCUT2D eigenvalue weighted by Gasteiger charge is -2.08. The molecule has 126 valence electrons. The molecule has 0 radical (unpaired) electrons. The van der Waals surface area contributed by atoms with E-state index in [-0.39, 0.29) is 40.4 Å². The van der Waals surface area contributed by atoms with Crippen molar-refractivity contribution < 1.29 is 14.3 Å². The summed E-state index contributed by atoms with van der Waals surface area (Å²) in [4.78, 5) is 30.3. The van der Waals surface area contributed by atoms with E-state index in [9.17, 15) is 19.1 Å². The van der Waals surface area contributed by atoms with Crippen LogP contribution in [0.4, 0.5) is 4.39 Å². The van der Waals surface area contributed by atoms with Crippen molar-refractivity contribution in [1.82, 2.24) is 14.5 Å². The molecular formula is C18H14FN3O3. The van der Waals surface area contributed by atoms with E-state index in [4.69, 9.17) is 0 Å². The zero-order chi connectivity index (χ0) is 17.7. The highest BCUT2D eigenvalue weighted by Crippen LogP contribution is 2.29. The third-order valence-electron chi connectivity index (χ3n) is 4.36. The molecule has 7 heteroatoms. The minimum atomic E-state index is -0.409. The van der Waals surface area contributed by atoms with Crippen LogP contribution in [-0.4, -0.2) is 32.5 Å². The smallest absolute Gasteiger partial charge is 0.275 e. The Balaban J connectivity index is 1.84. The van der Waals surface area contributed by atoms with Gasteiger partial charge in [0.1, 0.15) is 18.0 Å². The molecule has 0 bridgehead atoms. The quantitative estimate of drug-likeness (QED) is 0.773. The number of aromatic nitrogens is 2. The van der Waals surface area contributed by atoms with Crippen molar-refractivity contribution in [2.75, 3.05) is 7.05 Å². The summed E-state index contributed by atoms with van der Waals surface area (Å²) in [7, 11) is 1.56. The molecule has 0 spiro atoms. The predicted molar refractivity (Wildman–Crippen MR) is 89.0 cm³/mol. The van der Waals surface area contributed by atoms with Crippen LogP contribution >= 0.6 is 0 Å². The minimum absolute atomic E-state index is 0.0289. The zero-order valence-electron chi connectivity index (χ0n) is 13.4. The van der Waals surface area contributed by atoms with Gasteiger partial charge in [0.25, 0.3) is 11.5 Å². The van der Waals surface area contributed by atoms with Crippen molar-refractivity contribution in [2.24, 2.45) is 0 Å². The summed E-state index contributed by atoms with van der Waals surface area (Å²) in [5.41, 5.74) is 1.35. The molecule has 1 aliphatic heterocycles. The second kappa shape index (κ2) is 5.41. The Bertz CT molecular complexity index is 1070. The average molecular weight is 339 g/mol. The van der Waals surface area contributed by atoms with Gasteiger partial charge in [-0.2, -0.15) is 0 Å². The van der Waals surface area contributed by atoms with Crippen LogP contribution in [0.1, 0.15) is 21.6 Å². The van der Waals surface area contributed by atoms with Gasteiger partial charge in [0.05, 0.1) is 5.39 Å². The van der Waals surface area contributed by atoms with Crippen molar-refractivity contribution >= 4 is 16.8 Å². The maximum absolute atomic E-state index is 13.0. The molecule has 1 aromatic carbocycles. The van der Waals surface area contributed by atoms with Crippen LogP contribution in [0.5, 0.6) is 5.75 Å².